The van der Waals surface area contributed by atoms with Crippen LogP contribution in [0, 0.1) is 0 Å². The standard InChI is InChI=1S/C28H30Cl2N2O2S/c1-2-16-31-28(34)26(19-21-9-5-3-6-10-21)32(20-22-13-14-24(29)25(30)18-22)27(33)15-17-35-23-11-7-4-8-12-23/h3-14,18,26H,2,15-17,19-20H2,1H3,(H,31,34). The molecule has 0 heterocycles. The minimum absolute atomic E-state index is 0.0768. The Morgan fingerprint density at radius 3 is 2.26 bits per heavy atom. The van der Waals surface area contributed by atoms with Gasteiger partial charge < -0.3 is 10.2 Å². The molecule has 0 saturated heterocycles. The molecule has 0 spiro atoms. The van der Waals surface area contributed by atoms with E-state index in [1.54, 1.807) is 28.8 Å². The topological polar surface area (TPSA) is 49.4 Å². The van der Waals surface area contributed by atoms with E-state index in [-0.39, 0.29) is 18.4 Å². The van der Waals surface area contributed by atoms with Gasteiger partial charge in [-0.15, -0.1) is 11.8 Å². The van der Waals surface area contributed by atoms with Crippen molar-refractivity contribution >= 4 is 46.8 Å². The maximum Gasteiger partial charge on any atom is 0.243 e. The monoisotopic (exact) mass is 528 g/mol. The van der Waals surface area contributed by atoms with Crippen LogP contribution >= 0.6 is 35.0 Å². The van der Waals surface area contributed by atoms with Crippen molar-refractivity contribution in [2.24, 2.45) is 0 Å². The summed E-state index contributed by atoms with van der Waals surface area (Å²) < 4.78 is 0. The summed E-state index contributed by atoms with van der Waals surface area (Å²) in [7, 11) is 0. The quantitative estimate of drug-likeness (QED) is 0.268. The second-order valence-corrected chi connectivity index (χ2v) is 10.2. The van der Waals surface area contributed by atoms with Gasteiger partial charge in [0.05, 0.1) is 10.0 Å². The first-order chi connectivity index (χ1) is 17.0. The van der Waals surface area contributed by atoms with Gasteiger partial charge in [-0.3, -0.25) is 9.59 Å². The predicted octanol–water partition coefficient (Wildman–Crippen LogP) is 6.64. The van der Waals surface area contributed by atoms with Crippen LogP contribution in [0.3, 0.4) is 0 Å². The molecule has 0 aliphatic heterocycles. The highest BCUT2D eigenvalue weighted by molar-refractivity contribution is 7.99. The van der Waals surface area contributed by atoms with Crippen LogP contribution in [0.1, 0.15) is 30.9 Å². The molecule has 3 aromatic rings. The summed E-state index contributed by atoms with van der Waals surface area (Å²) in [6.07, 6.45) is 1.56. The summed E-state index contributed by atoms with van der Waals surface area (Å²) in [5, 5.41) is 3.87. The van der Waals surface area contributed by atoms with Crippen LogP contribution in [0.5, 0.6) is 0 Å². The molecule has 184 valence electrons. The van der Waals surface area contributed by atoms with E-state index < -0.39 is 6.04 Å². The number of nitrogens with one attached hydrogen (secondary N) is 1. The van der Waals surface area contributed by atoms with Crippen LogP contribution in [0.2, 0.25) is 10.0 Å². The zero-order valence-electron chi connectivity index (χ0n) is 19.8. The van der Waals surface area contributed by atoms with Crippen LogP contribution in [-0.2, 0) is 22.6 Å². The van der Waals surface area contributed by atoms with Gasteiger partial charge in [0.15, 0.2) is 0 Å². The molecule has 4 nitrogen and oxygen atoms in total. The first-order valence-corrected chi connectivity index (χ1v) is 13.4. The number of carbonyl (C=O) groups is 2. The number of hydrogen-bond donors (Lipinski definition) is 1. The highest BCUT2D eigenvalue weighted by atomic mass is 35.5. The van der Waals surface area contributed by atoms with Gasteiger partial charge in [-0.05, 0) is 41.8 Å². The summed E-state index contributed by atoms with van der Waals surface area (Å²) in [4.78, 5) is 29.7. The number of halogens is 2. The van der Waals surface area contributed by atoms with Crippen molar-refractivity contribution in [1.29, 1.82) is 0 Å². The largest absolute Gasteiger partial charge is 0.354 e. The molecule has 1 atom stereocenters. The average Bonchev–Trinajstić information content (AvgIpc) is 2.88. The number of rotatable bonds is 12. The maximum absolute atomic E-state index is 13.6. The normalized spacial score (nSPS) is 11.6. The molecule has 0 aliphatic rings. The summed E-state index contributed by atoms with van der Waals surface area (Å²) in [6, 6.07) is 24.4. The maximum atomic E-state index is 13.6. The van der Waals surface area contributed by atoms with Crippen molar-refractivity contribution in [1.82, 2.24) is 10.2 Å². The first-order valence-electron chi connectivity index (χ1n) is 11.7. The summed E-state index contributed by atoms with van der Waals surface area (Å²) >= 11 is 14.0. The lowest BCUT2D eigenvalue weighted by molar-refractivity contribution is -0.141. The molecule has 0 bridgehead atoms. The van der Waals surface area contributed by atoms with Crippen LogP contribution in [0.25, 0.3) is 0 Å². The third-order valence-corrected chi connectivity index (χ3v) is 7.24. The lowest BCUT2D eigenvalue weighted by atomic mass is 10.0. The fourth-order valence-electron chi connectivity index (χ4n) is 3.67. The van der Waals surface area contributed by atoms with E-state index >= 15 is 0 Å². The Hall–Kier alpha value is -2.47. The molecule has 0 fully saturated rings. The minimum Gasteiger partial charge on any atom is -0.354 e. The van der Waals surface area contributed by atoms with E-state index in [1.165, 1.54) is 0 Å². The average molecular weight is 530 g/mol. The third kappa shape index (κ3) is 8.60. The molecule has 0 radical (unpaired) electrons. The Bertz CT molecular complexity index is 1100. The van der Waals surface area contributed by atoms with Gasteiger partial charge in [0, 0.05) is 36.6 Å². The summed E-state index contributed by atoms with van der Waals surface area (Å²) in [5.74, 6) is 0.391. The lowest BCUT2D eigenvalue weighted by Crippen LogP contribution is -2.50. The van der Waals surface area contributed by atoms with Crippen molar-refractivity contribution in [2.45, 2.75) is 43.7 Å². The molecular formula is C28H30Cl2N2O2S. The molecular weight excluding hydrogens is 499 g/mol. The van der Waals surface area contributed by atoms with E-state index in [2.05, 4.69) is 5.32 Å². The Labute approximate surface area is 222 Å². The molecule has 0 aromatic heterocycles. The van der Waals surface area contributed by atoms with Gasteiger partial charge >= 0.3 is 0 Å². The van der Waals surface area contributed by atoms with Crippen molar-refractivity contribution in [2.75, 3.05) is 12.3 Å². The van der Waals surface area contributed by atoms with Crippen molar-refractivity contribution in [3.05, 3.63) is 100 Å². The van der Waals surface area contributed by atoms with Crippen molar-refractivity contribution in [3.8, 4) is 0 Å². The molecule has 3 rings (SSSR count). The second kappa shape index (κ2) is 14.2. The molecule has 0 aliphatic carbocycles. The fourth-order valence-corrected chi connectivity index (χ4v) is 4.85. The first kappa shape index (κ1) is 27.1. The van der Waals surface area contributed by atoms with Crippen LogP contribution in [0.4, 0.5) is 0 Å². The summed E-state index contributed by atoms with van der Waals surface area (Å²) in [5.41, 5.74) is 1.82. The molecule has 3 aromatic carbocycles. The van der Waals surface area contributed by atoms with Crippen LogP contribution < -0.4 is 5.32 Å². The number of carbonyl (C=O) groups excluding carboxylic acids is 2. The lowest BCUT2D eigenvalue weighted by Gasteiger charge is -2.31. The van der Waals surface area contributed by atoms with E-state index in [4.69, 9.17) is 23.2 Å². The highest BCUT2D eigenvalue weighted by Gasteiger charge is 2.30. The smallest absolute Gasteiger partial charge is 0.243 e. The van der Waals surface area contributed by atoms with Crippen molar-refractivity contribution < 1.29 is 9.59 Å². The van der Waals surface area contributed by atoms with Gasteiger partial charge in [0.1, 0.15) is 6.04 Å². The molecule has 1 N–H and O–H groups in total. The Kier molecular flexibility index (Phi) is 11.0. The van der Waals surface area contributed by atoms with Gasteiger partial charge in [-0.2, -0.15) is 0 Å². The third-order valence-electron chi connectivity index (χ3n) is 5.49. The number of amides is 2. The number of hydrogen-bond acceptors (Lipinski definition) is 3. The van der Waals surface area contributed by atoms with Gasteiger partial charge in [0.2, 0.25) is 11.8 Å². The summed E-state index contributed by atoms with van der Waals surface area (Å²) in [6.45, 7) is 2.83. The zero-order valence-corrected chi connectivity index (χ0v) is 22.1. The van der Waals surface area contributed by atoms with Gasteiger partial charge in [-0.1, -0.05) is 84.7 Å². The molecule has 0 saturated carbocycles. The van der Waals surface area contributed by atoms with Crippen molar-refractivity contribution in [3.63, 3.8) is 0 Å². The fraction of sp³-hybridized carbons (Fsp3) is 0.286. The SMILES string of the molecule is CCCNC(=O)C(Cc1ccccc1)N(Cc1ccc(Cl)c(Cl)c1)C(=O)CCSc1ccccc1. The zero-order chi connectivity index (χ0) is 25.0. The van der Waals surface area contributed by atoms with Crippen LogP contribution in [0.15, 0.2) is 83.8 Å². The van der Waals surface area contributed by atoms with E-state index in [1.807, 2.05) is 73.7 Å². The van der Waals surface area contributed by atoms with Gasteiger partial charge in [-0.25, -0.2) is 0 Å². The minimum atomic E-state index is -0.646. The molecule has 35 heavy (non-hydrogen) atoms. The number of nitrogens with zero attached hydrogens (tertiary/aromatic N) is 1. The molecule has 7 heteroatoms. The number of benzene rings is 3. The number of thioether (sulfide) groups is 1. The molecule has 2 amide bonds. The van der Waals surface area contributed by atoms with E-state index in [0.29, 0.717) is 35.2 Å². The second-order valence-electron chi connectivity index (χ2n) is 8.18. The predicted molar refractivity (Wildman–Crippen MR) is 146 cm³/mol. The highest BCUT2D eigenvalue weighted by Crippen LogP contribution is 2.25. The van der Waals surface area contributed by atoms with Crippen LogP contribution in [-0.4, -0.2) is 35.1 Å². The Morgan fingerprint density at radius 1 is 0.914 bits per heavy atom. The molecule has 1 unspecified atom stereocenters. The van der Waals surface area contributed by atoms with E-state index in [0.717, 1.165) is 22.4 Å². The Balaban J connectivity index is 1.85. The van der Waals surface area contributed by atoms with Gasteiger partial charge in [0.25, 0.3) is 0 Å². The Morgan fingerprint density at radius 2 is 1.60 bits per heavy atom. The van der Waals surface area contributed by atoms with E-state index in [9.17, 15) is 9.59 Å².